The molecule has 6 aliphatic carbocycles. The number of hydrogen-bond acceptors (Lipinski definition) is 7. The second-order valence-corrected chi connectivity index (χ2v) is 24.1. The average molecular weight is 801 g/mol. The molecule has 5 fully saturated rings. The normalized spacial score (nSPS) is 42.3. The molecule has 314 valence electrons. The summed E-state index contributed by atoms with van der Waals surface area (Å²) in [6, 6.07) is 0. The molecule has 2 heterocycles. The summed E-state index contributed by atoms with van der Waals surface area (Å²) in [5.41, 5.74) is 4.23. The molecule has 0 spiro atoms. The number of nitrogens with one attached hydrogen (secondary N) is 1. The molecule has 1 aliphatic heterocycles. The Morgan fingerprint density at radius 2 is 1.74 bits per heavy atom. The van der Waals surface area contributed by atoms with E-state index in [-0.39, 0.29) is 33.8 Å². The third kappa shape index (κ3) is 6.71. The van der Waals surface area contributed by atoms with Crippen LogP contribution >= 0.6 is 0 Å². The number of allylic oxidation sites excluding steroid dienone is 5. The molecule has 0 radical (unpaired) electrons. The Hall–Kier alpha value is -2.49. The van der Waals surface area contributed by atoms with Crippen molar-refractivity contribution in [2.45, 2.75) is 124 Å². The maximum absolute atomic E-state index is 12.7. The van der Waals surface area contributed by atoms with Gasteiger partial charge in [0.05, 0.1) is 6.20 Å². The van der Waals surface area contributed by atoms with E-state index in [1.807, 2.05) is 0 Å². The summed E-state index contributed by atoms with van der Waals surface area (Å²) >= 11 is 0. The van der Waals surface area contributed by atoms with Crippen LogP contribution in [-0.2, 0) is 14.3 Å². The van der Waals surface area contributed by atoms with Crippen LogP contribution in [0.1, 0.15) is 119 Å². The highest BCUT2D eigenvalue weighted by Crippen LogP contribution is 2.76. The maximum Gasteiger partial charge on any atom is 0.313 e. The molecule has 0 aromatic carbocycles. The molecule has 0 bridgehead atoms. The fourth-order valence-electron chi connectivity index (χ4n) is 15.2. The number of rotatable bonds is 10. The van der Waals surface area contributed by atoms with E-state index < -0.39 is 20.9 Å². The van der Waals surface area contributed by atoms with Gasteiger partial charge in [0.15, 0.2) is 0 Å². The van der Waals surface area contributed by atoms with Gasteiger partial charge in [0, 0.05) is 55.6 Å². The summed E-state index contributed by atoms with van der Waals surface area (Å²) in [5.74, 6) is 8.21. The van der Waals surface area contributed by atoms with E-state index in [2.05, 4.69) is 86.3 Å². The zero-order chi connectivity index (χ0) is 40.6. The van der Waals surface area contributed by atoms with Crippen molar-refractivity contribution in [3.8, 4) is 5.88 Å². The number of aromatic nitrogens is 2. The zero-order valence-electron chi connectivity index (χ0n) is 36.0. The number of fused-ring (bicyclic) bond motifs is 7. The third-order valence-electron chi connectivity index (χ3n) is 18.6. The third-order valence-corrected chi connectivity index (χ3v) is 20.4. The molecule has 0 amide bonds. The Labute approximate surface area is 344 Å². The average Bonchev–Trinajstić information content (AvgIpc) is 3.55. The number of carbonyl (C=O) groups is 1. The van der Waals surface area contributed by atoms with E-state index in [0.29, 0.717) is 48.3 Å². The molecule has 8 nitrogen and oxygen atoms in total. The van der Waals surface area contributed by atoms with Gasteiger partial charge in [-0.15, -0.1) is 0 Å². The van der Waals surface area contributed by atoms with E-state index in [4.69, 9.17) is 4.74 Å². The molecule has 10 atom stereocenters. The number of hydrogen-bond donors (Lipinski definition) is 2. The van der Waals surface area contributed by atoms with Crippen LogP contribution in [0.25, 0.3) is 0 Å². The van der Waals surface area contributed by atoms with Crippen molar-refractivity contribution in [3.05, 3.63) is 54.0 Å². The van der Waals surface area contributed by atoms with E-state index >= 15 is 0 Å². The van der Waals surface area contributed by atoms with E-state index in [0.717, 1.165) is 50.5 Å². The van der Waals surface area contributed by atoms with Crippen molar-refractivity contribution in [2.24, 2.45) is 56.7 Å². The van der Waals surface area contributed by atoms with Gasteiger partial charge in [-0.3, -0.25) is 14.0 Å². The summed E-state index contributed by atoms with van der Waals surface area (Å²) in [7, 11) is -1.87. The van der Waals surface area contributed by atoms with Crippen molar-refractivity contribution >= 4 is 21.4 Å². The van der Waals surface area contributed by atoms with Gasteiger partial charge >= 0.3 is 5.97 Å². The number of ether oxygens (including phenoxy) is 1. The summed E-state index contributed by atoms with van der Waals surface area (Å²) in [6.07, 6.45) is 22.7. The van der Waals surface area contributed by atoms with Gasteiger partial charge in [-0.25, -0.2) is 4.98 Å². The van der Waals surface area contributed by atoms with Crippen molar-refractivity contribution in [3.63, 3.8) is 0 Å². The number of carboxylic acids is 1. The van der Waals surface area contributed by atoms with Gasteiger partial charge < -0.3 is 20.1 Å². The van der Waals surface area contributed by atoms with Crippen molar-refractivity contribution < 1.29 is 18.8 Å². The monoisotopic (exact) mass is 801 g/mol. The minimum absolute atomic E-state index is 0.0118. The zero-order valence-corrected chi connectivity index (χ0v) is 36.9. The van der Waals surface area contributed by atoms with Gasteiger partial charge in [-0.1, -0.05) is 58.9 Å². The summed E-state index contributed by atoms with van der Waals surface area (Å²) < 4.78 is 18.4. The standard InChI is InChI=1S/C48H72N4O4S/c1-33(2)35-13-20-48(51-25-26-52-27-29-57(8,55)30-28-52)22-21-45(6)37(41(35)48)9-10-39-44(5)16-14-36(43(3,4)38(44)15-17-46(39,45)7)34-11-18-47(19-12-34,42(53)54)32-56-40-31-49-23-24-50-40/h11,14,23-24,31,35,37-39,41,51H,1,8-10,12-13,15-22,25-30,32H2,2-7H3,(H,53,54)/t35-,37+,38-,39+,41+,44-,45+,46+,47+,48-/m0/s1. The first-order valence-electron chi connectivity index (χ1n) is 22.4. The van der Waals surface area contributed by atoms with Crippen LogP contribution in [0.3, 0.4) is 0 Å². The Morgan fingerprint density at radius 3 is 2.40 bits per heavy atom. The lowest BCUT2D eigenvalue weighted by molar-refractivity contribution is -0.221. The lowest BCUT2D eigenvalue weighted by Gasteiger charge is -2.72. The van der Waals surface area contributed by atoms with Gasteiger partial charge in [-0.2, -0.15) is 0 Å². The first kappa shape index (κ1) is 41.3. The highest BCUT2D eigenvalue weighted by molar-refractivity contribution is 8.00. The number of aliphatic carboxylic acids is 1. The van der Waals surface area contributed by atoms with Crippen molar-refractivity contribution in [1.82, 2.24) is 20.2 Å². The Morgan fingerprint density at radius 1 is 0.965 bits per heavy atom. The fourth-order valence-corrected chi connectivity index (χ4v) is 16.6. The lowest BCUT2D eigenvalue weighted by atomic mass is 9.33. The van der Waals surface area contributed by atoms with Crippen molar-refractivity contribution in [2.75, 3.05) is 44.3 Å². The summed E-state index contributed by atoms with van der Waals surface area (Å²) in [5, 5.41) is 14.7. The Bertz CT molecular complexity index is 1900. The highest BCUT2D eigenvalue weighted by Gasteiger charge is 2.70. The SMILES string of the molecule is C=C(C)[C@@H]1CC[C@]2(NCCN3CCS(=C)(=O)CC3)CC[C@]3(C)[C@H](CC[C@@H]4[C@@]5(C)CC=C(C6=CC[C@@](COc7cnccn7)(C(=O)O)CC6)C(C)(C)[C@@H]5CC[C@]43C)[C@@H]12. The molecular weight excluding hydrogens is 729 g/mol. The first-order valence-corrected chi connectivity index (χ1v) is 24.4. The molecule has 57 heavy (non-hydrogen) atoms. The molecule has 1 aromatic heterocycles. The maximum atomic E-state index is 12.7. The van der Waals surface area contributed by atoms with Crippen LogP contribution in [0.5, 0.6) is 5.88 Å². The van der Waals surface area contributed by atoms with E-state index in [1.165, 1.54) is 68.1 Å². The van der Waals surface area contributed by atoms with E-state index in [1.54, 1.807) is 18.6 Å². The van der Waals surface area contributed by atoms with Crippen LogP contribution in [0.4, 0.5) is 0 Å². The minimum Gasteiger partial charge on any atom is -0.481 e. The number of carboxylic acid groups (broad SMARTS) is 1. The molecule has 0 unspecified atom stereocenters. The van der Waals surface area contributed by atoms with Crippen LogP contribution in [0.15, 0.2) is 54.0 Å². The topological polar surface area (TPSA) is 105 Å². The fraction of sp³-hybridized carbons (Fsp3) is 0.750. The van der Waals surface area contributed by atoms with Crippen LogP contribution in [0, 0.1) is 56.7 Å². The Kier molecular flexibility index (Phi) is 10.6. The van der Waals surface area contributed by atoms with Gasteiger partial charge in [-0.05, 0) is 162 Å². The molecule has 4 saturated carbocycles. The molecular formula is C48H72N4O4S. The number of nitrogens with zero attached hydrogens (tertiary/aromatic N) is 3. The molecule has 1 aromatic rings. The van der Waals surface area contributed by atoms with Crippen LogP contribution < -0.4 is 10.1 Å². The molecule has 8 rings (SSSR count). The van der Waals surface area contributed by atoms with Crippen LogP contribution in [-0.4, -0.2) is 85.9 Å². The minimum atomic E-state index is -1.87. The smallest absolute Gasteiger partial charge is 0.313 e. The van der Waals surface area contributed by atoms with Gasteiger partial charge in [0.2, 0.25) is 5.88 Å². The molecule has 1 saturated heterocycles. The molecule has 9 heteroatoms. The summed E-state index contributed by atoms with van der Waals surface area (Å²) in [4.78, 5) is 23.5. The lowest BCUT2D eigenvalue weighted by Crippen LogP contribution is -2.68. The van der Waals surface area contributed by atoms with Gasteiger partial charge in [0.1, 0.15) is 12.0 Å². The molecule has 7 aliphatic rings. The van der Waals surface area contributed by atoms with Crippen LogP contribution in [0.2, 0.25) is 0 Å². The van der Waals surface area contributed by atoms with Crippen molar-refractivity contribution in [1.29, 1.82) is 0 Å². The predicted octanol–water partition coefficient (Wildman–Crippen LogP) is 8.60. The predicted molar refractivity (Wildman–Crippen MR) is 232 cm³/mol. The summed E-state index contributed by atoms with van der Waals surface area (Å²) in [6.45, 7) is 24.0. The first-order chi connectivity index (χ1) is 26.9. The van der Waals surface area contributed by atoms with E-state index in [9.17, 15) is 14.1 Å². The second-order valence-electron chi connectivity index (χ2n) is 21.4. The molecule has 2 N–H and O–H groups in total. The second kappa shape index (κ2) is 14.6. The Balaban J connectivity index is 1.01. The van der Waals surface area contributed by atoms with Gasteiger partial charge in [0.25, 0.3) is 0 Å². The quantitative estimate of drug-likeness (QED) is 0.179. The largest absolute Gasteiger partial charge is 0.481 e. The highest BCUT2D eigenvalue weighted by atomic mass is 32.2.